The first kappa shape index (κ1) is 10.5. The summed E-state index contributed by atoms with van der Waals surface area (Å²) in [6.45, 7) is 1.74. The van der Waals surface area contributed by atoms with E-state index in [0.29, 0.717) is 6.42 Å². The van der Waals surface area contributed by atoms with Gasteiger partial charge in [0.15, 0.2) is 5.78 Å². The molecule has 1 spiro atoms. The molecule has 3 fully saturated rings. The second kappa shape index (κ2) is 2.96. The van der Waals surface area contributed by atoms with Crippen LogP contribution in [-0.2, 0) is 4.79 Å². The predicted molar refractivity (Wildman–Crippen MR) is 58.7 cm³/mol. The summed E-state index contributed by atoms with van der Waals surface area (Å²) in [4.78, 5) is 11.4. The third-order valence-corrected chi connectivity index (χ3v) is 5.17. The summed E-state index contributed by atoms with van der Waals surface area (Å²) >= 11 is 0. The van der Waals surface area contributed by atoms with Crippen molar-refractivity contribution in [1.82, 2.24) is 0 Å². The topological polar surface area (TPSA) is 57.5 Å². The quantitative estimate of drug-likeness (QED) is 0.644. The number of hydrogen-bond donors (Lipinski definition) is 2. The van der Waals surface area contributed by atoms with Crippen molar-refractivity contribution in [2.75, 3.05) is 0 Å². The van der Waals surface area contributed by atoms with E-state index in [-0.39, 0.29) is 23.0 Å². The first-order valence-corrected chi connectivity index (χ1v) is 6.09. The van der Waals surface area contributed by atoms with Gasteiger partial charge in [-0.1, -0.05) is 6.08 Å². The highest BCUT2D eigenvalue weighted by Crippen LogP contribution is 2.60. The van der Waals surface area contributed by atoms with Crippen LogP contribution in [-0.4, -0.2) is 27.7 Å². The monoisotopic (exact) mass is 222 g/mol. The highest BCUT2D eigenvalue weighted by Gasteiger charge is 2.62. The molecule has 0 aromatic heterocycles. The molecule has 3 unspecified atom stereocenters. The van der Waals surface area contributed by atoms with Crippen LogP contribution in [0.4, 0.5) is 0 Å². The van der Waals surface area contributed by atoms with Crippen molar-refractivity contribution in [3.05, 3.63) is 12.2 Å². The Morgan fingerprint density at radius 1 is 1.44 bits per heavy atom. The number of aliphatic hydroxyl groups is 2. The van der Waals surface area contributed by atoms with Crippen LogP contribution in [0.25, 0.3) is 0 Å². The van der Waals surface area contributed by atoms with Gasteiger partial charge in [0, 0.05) is 11.8 Å². The molecule has 0 aromatic rings. The number of rotatable bonds is 0. The molecule has 3 nitrogen and oxygen atoms in total. The second-order valence-electron chi connectivity index (χ2n) is 5.91. The minimum Gasteiger partial charge on any atom is -0.389 e. The van der Waals surface area contributed by atoms with E-state index in [4.69, 9.17) is 0 Å². The zero-order valence-electron chi connectivity index (χ0n) is 9.52. The molecular weight excluding hydrogens is 204 g/mol. The fourth-order valence-electron chi connectivity index (χ4n) is 4.11. The van der Waals surface area contributed by atoms with Crippen LogP contribution in [0.5, 0.6) is 0 Å². The summed E-state index contributed by atoms with van der Waals surface area (Å²) in [5, 5.41) is 20.8. The molecular formula is C13H18O3. The number of allylic oxidation sites excluding steroid dienone is 1. The zero-order chi connectivity index (χ0) is 11.6. The molecule has 4 aliphatic rings. The van der Waals surface area contributed by atoms with E-state index in [2.05, 4.69) is 0 Å². The van der Waals surface area contributed by atoms with Crippen LogP contribution >= 0.6 is 0 Å². The van der Waals surface area contributed by atoms with E-state index >= 15 is 0 Å². The van der Waals surface area contributed by atoms with Gasteiger partial charge in [0.25, 0.3) is 0 Å². The van der Waals surface area contributed by atoms with Crippen LogP contribution in [0.2, 0.25) is 0 Å². The van der Waals surface area contributed by atoms with Crippen molar-refractivity contribution >= 4 is 5.78 Å². The van der Waals surface area contributed by atoms with Gasteiger partial charge in [-0.25, -0.2) is 0 Å². The summed E-state index contributed by atoms with van der Waals surface area (Å²) in [7, 11) is 0. The van der Waals surface area contributed by atoms with Gasteiger partial charge < -0.3 is 10.2 Å². The van der Waals surface area contributed by atoms with Gasteiger partial charge in [-0.2, -0.15) is 0 Å². The predicted octanol–water partition coefficient (Wildman–Crippen LogP) is 1.04. The van der Waals surface area contributed by atoms with E-state index in [1.807, 2.05) is 6.08 Å². The van der Waals surface area contributed by atoms with Crippen molar-refractivity contribution in [3.63, 3.8) is 0 Å². The molecule has 3 heteroatoms. The molecule has 0 amide bonds. The number of fused-ring (bicyclic) bond motifs is 2. The highest BCUT2D eigenvalue weighted by molar-refractivity contribution is 5.91. The maximum absolute atomic E-state index is 11.4. The van der Waals surface area contributed by atoms with Crippen LogP contribution in [0, 0.1) is 17.3 Å². The maximum Gasteiger partial charge on any atom is 0.155 e. The van der Waals surface area contributed by atoms with Crippen molar-refractivity contribution in [2.24, 2.45) is 17.3 Å². The van der Waals surface area contributed by atoms with Crippen molar-refractivity contribution in [1.29, 1.82) is 0 Å². The second-order valence-corrected chi connectivity index (χ2v) is 5.91. The third kappa shape index (κ3) is 1.08. The van der Waals surface area contributed by atoms with Gasteiger partial charge >= 0.3 is 0 Å². The normalized spacial score (nSPS) is 55.2. The Morgan fingerprint density at radius 2 is 2.19 bits per heavy atom. The molecule has 2 N–H and O–H groups in total. The van der Waals surface area contributed by atoms with Crippen LogP contribution in [0.15, 0.2) is 12.2 Å². The Labute approximate surface area is 95.2 Å². The molecule has 88 valence electrons. The van der Waals surface area contributed by atoms with Crippen molar-refractivity contribution < 1.29 is 15.0 Å². The lowest BCUT2D eigenvalue weighted by Crippen LogP contribution is -2.65. The van der Waals surface area contributed by atoms with Gasteiger partial charge in [0.05, 0.1) is 11.7 Å². The largest absolute Gasteiger partial charge is 0.389 e. The van der Waals surface area contributed by atoms with E-state index in [0.717, 1.165) is 19.3 Å². The molecule has 2 bridgehead atoms. The number of hydrogen-bond acceptors (Lipinski definition) is 3. The van der Waals surface area contributed by atoms with Gasteiger partial charge in [0.2, 0.25) is 0 Å². The van der Waals surface area contributed by atoms with Gasteiger partial charge in [-0.15, -0.1) is 0 Å². The Hall–Kier alpha value is -0.670. The molecule has 3 saturated carbocycles. The maximum atomic E-state index is 11.4. The summed E-state index contributed by atoms with van der Waals surface area (Å²) in [5.41, 5.74) is -1.33. The SMILES string of the molecule is C[C@]1(O)C2CCC3(C=CC(=O)CC3C2)[C@H]1O. The molecule has 5 atom stereocenters. The molecule has 4 aliphatic carbocycles. The summed E-state index contributed by atoms with van der Waals surface area (Å²) in [6, 6.07) is 0. The average molecular weight is 222 g/mol. The fraction of sp³-hybridized carbons (Fsp3) is 0.769. The smallest absolute Gasteiger partial charge is 0.155 e. The standard InChI is InChI=1S/C13H18O3/c1-12(16)8-2-4-13(11(12)15)5-3-10(14)7-9(13)6-8/h3,5,8-9,11,15-16H,2,4,6-7H2,1H3/t8?,9?,11-,12-,13?/m0/s1. The van der Waals surface area contributed by atoms with Gasteiger partial charge in [0.1, 0.15) is 0 Å². The summed E-state index contributed by atoms with van der Waals surface area (Å²) in [5.74, 6) is 0.544. The first-order chi connectivity index (χ1) is 7.47. The molecule has 0 aliphatic heterocycles. The molecule has 0 saturated heterocycles. The van der Waals surface area contributed by atoms with E-state index < -0.39 is 11.7 Å². The van der Waals surface area contributed by atoms with Crippen molar-refractivity contribution in [3.8, 4) is 0 Å². The fourth-order valence-corrected chi connectivity index (χ4v) is 4.11. The summed E-state index contributed by atoms with van der Waals surface area (Å²) in [6.07, 6.45) is 6.03. The minimum atomic E-state index is -0.987. The average Bonchev–Trinajstić information content (AvgIpc) is 2.25. The lowest BCUT2D eigenvalue weighted by Gasteiger charge is -2.61. The Morgan fingerprint density at radius 3 is 2.94 bits per heavy atom. The molecule has 4 rings (SSSR count). The van der Waals surface area contributed by atoms with Gasteiger partial charge in [-0.05, 0) is 44.1 Å². The number of ketones is 1. The van der Waals surface area contributed by atoms with Crippen LogP contribution < -0.4 is 0 Å². The molecule has 16 heavy (non-hydrogen) atoms. The molecule has 0 radical (unpaired) electrons. The minimum absolute atomic E-state index is 0.147. The lowest BCUT2D eigenvalue weighted by molar-refractivity contribution is -0.223. The highest BCUT2D eigenvalue weighted by atomic mass is 16.3. The Kier molecular flexibility index (Phi) is 1.94. The molecule has 0 heterocycles. The van der Waals surface area contributed by atoms with Crippen LogP contribution in [0.1, 0.15) is 32.6 Å². The van der Waals surface area contributed by atoms with Gasteiger partial charge in [-0.3, -0.25) is 4.79 Å². The van der Waals surface area contributed by atoms with E-state index in [9.17, 15) is 15.0 Å². The Bertz CT molecular complexity index is 371. The van der Waals surface area contributed by atoms with E-state index in [1.165, 1.54) is 0 Å². The summed E-state index contributed by atoms with van der Waals surface area (Å²) < 4.78 is 0. The third-order valence-electron chi connectivity index (χ3n) is 5.17. The number of aliphatic hydroxyl groups excluding tert-OH is 1. The molecule has 0 aromatic carbocycles. The van der Waals surface area contributed by atoms with Crippen molar-refractivity contribution in [2.45, 2.75) is 44.3 Å². The lowest BCUT2D eigenvalue weighted by atomic mass is 9.47. The number of carbonyl (C=O) groups excluding carboxylic acids is 1. The van der Waals surface area contributed by atoms with E-state index in [1.54, 1.807) is 13.0 Å². The van der Waals surface area contributed by atoms with Crippen LogP contribution in [0.3, 0.4) is 0 Å². The Balaban J connectivity index is 2.07. The zero-order valence-corrected chi connectivity index (χ0v) is 9.52. The number of carbonyl (C=O) groups is 1. The first-order valence-electron chi connectivity index (χ1n) is 6.09.